The summed E-state index contributed by atoms with van der Waals surface area (Å²) in [7, 11) is 0. The molecule has 0 spiro atoms. The summed E-state index contributed by atoms with van der Waals surface area (Å²) in [5, 5.41) is 4.94. The number of aromatic nitrogens is 1. The van der Waals surface area contributed by atoms with Gasteiger partial charge in [0.25, 0.3) is 0 Å². The highest BCUT2D eigenvalue weighted by atomic mass is 15.3. The highest BCUT2D eigenvalue weighted by Gasteiger charge is 2.35. The summed E-state index contributed by atoms with van der Waals surface area (Å²) in [5.74, 6) is 0. The number of nitrogens with zero attached hydrogens (tertiary/aromatic N) is 1. The third kappa shape index (κ3) is 1.38. The normalized spacial score (nSPS) is 28.1. The summed E-state index contributed by atoms with van der Waals surface area (Å²) in [4.78, 5) is 6.28. The van der Waals surface area contributed by atoms with Crippen molar-refractivity contribution < 1.29 is 0 Å². The van der Waals surface area contributed by atoms with E-state index in [1.807, 2.05) is 0 Å². The smallest absolute Gasteiger partial charge is 0.0477 e. The number of rotatable bonds is 0. The molecule has 1 aromatic carbocycles. The van der Waals surface area contributed by atoms with E-state index in [0.29, 0.717) is 12.1 Å². The second kappa shape index (κ2) is 3.84. The summed E-state index contributed by atoms with van der Waals surface area (Å²) in [6.07, 6.45) is 1.18. The lowest BCUT2D eigenvalue weighted by atomic mass is 9.91. The van der Waals surface area contributed by atoms with Crippen molar-refractivity contribution in [1.29, 1.82) is 0 Å². The molecule has 94 valence electrons. The van der Waals surface area contributed by atoms with Crippen LogP contribution >= 0.6 is 0 Å². The molecule has 3 heterocycles. The highest BCUT2D eigenvalue weighted by molar-refractivity contribution is 5.85. The molecule has 1 fully saturated rings. The van der Waals surface area contributed by atoms with Crippen LogP contribution in [-0.2, 0) is 6.42 Å². The molecule has 3 heteroatoms. The Morgan fingerprint density at radius 1 is 1.28 bits per heavy atom. The molecule has 0 saturated carbocycles. The van der Waals surface area contributed by atoms with E-state index in [9.17, 15) is 0 Å². The zero-order valence-corrected chi connectivity index (χ0v) is 10.7. The second-order valence-corrected chi connectivity index (χ2v) is 5.54. The Morgan fingerprint density at radius 2 is 2.17 bits per heavy atom. The molecule has 2 unspecified atom stereocenters. The Balaban J connectivity index is 1.88. The molecule has 18 heavy (non-hydrogen) atoms. The number of aromatic amines is 1. The molecule has 3 nitrogen and oxygen atoms in total. The molecule has 0 bridgehead atoms. The van der Waals surface area contributed by atoms with E-state index in [0.717, 1.165) is 13.1 Å². The molecular formula is C15H19N3. The van der Waals surface area contributed by atoms with Gasteiger partial charge in [-0.3, -0.25) is 4.90 Å². The van der Waals surface area contributed by atoms with Crippen LogP contribution in [0.4, 0.5) is 0 Å². The molecule has 2 atom stereocenters. The fourth-order valence-electron chi connectivity index (χ4n) is 3.67. The van der Waals surface area contributed by atoms with Crippen molar-refractivity contribution in [3.8, 4) is 0 Å². The predicted molar refractivity (Wildman–Crippen MR) is 73.8 cm³/mol. The molecule has 2 aliphatic rings. The number of benzene rings is 1. The summed E-state index contributed by atoms with van der Waals surface area (Å²) < 4.78 is 0. The Labute approximate surface area is 107 Å². The number of hydrogen-bond acceptors (Lipinski definition) is 2. The Morgan fingerprint density at radius 3 is 3.11 bits per heavy atom. The summed E-state index contributed by atoms with van der Waals surface area (Å²) in [5.41, 5.74) is 4.28. The van der Waals surface area contributed by atoms with Crippen LogP contribution < -0.4 is 5.32 Å². The molecule has 2 N–H and O–H groups in total. The van der Waals surface area contributed by atoms with Crippen molar-refractivity contribution in [3.63, 3.8) is 0 Å². The number of H-pyrrole nitrogens is 1. The molecule has 1 aromatic heterocycles. The van der Waals surface area contributed by atoms with Crippen LogP contribution in [0.5, 0.6) is 0 Å². The van der Waals surface area contributed by atoms with Crippen LogP contribution in [-0.4, -0.2) is 35.6 Å². The van der Waals surface area contributed by atoms with E-state index in [4.69, 9.17) is 0 Å². The molecule has 2 aliphatic heterocycles. The van der Waals surface area contributed by atoms with Gasteiger partial charge in [0.1, 0.15) is 0 Å². The second-order valence-electron chi connectivity index (χ2n) is 5.54. The predicted octanol–water partition coefficient (Wildman–Crippen LogP) is 2.06. The lowest BCUT2D eigenvalue weighted by Gasteiger charge is -2.43. The van der Waals surface area contributed by atoms with Gasteiger partial charge in [-0.1, -0.05) is 18.2 Å². The first-order chi connectivity index (χ1) is 8.84. The molecule has 0 aliphatic carbocycles. The molecule has 1 saturated heterocycles. The van der Waals surface area contributed by atoms with Crippen LogP contribution in [0.2, 0.25) is 0 Å². The van der Waals surface area contributed by atoms with Crippen molar-refractivity contribution in [1.82, 2.24) is 15.2 Å². The van der Waals surface area contributed by atoms with Crippen LogP contribution in [0, 0.1) is 0 Å². The lowest BCUT2D eigenvalue weighted by Crippen LogP contribution is -2.54. The number of nitrogens with one attached hydrogen (secondary N) is 2. The minimum absolute atomic E-state index is 0.522. The number of para-hydroxylation sites is 1. The van der Waals surface area contributed by atoms with Gasteiger partial charge >= 0.3 is 0 Å². The first-order valence-corrected chi connectivity index (χ1v) is 6.90. The standard InChI is InChI=1S/C15H19N3/c1-10-15-13(8-11-9-16-6-7-18(10)11)12-4-2-3-5-14(12)17-15/h2-5,10-11,16-17H,6-9H2,1H3. The van der Waals surface area contributed by atoms with E-state index in [1.165, 1.54) is 29.6 Å². The zero-order chi connectivity index (χ0) is 12.1. The van der Waals surface area contributed by atoms with Crippen LogP contribution in [0.25, 0.3) is 10.9 Å². The highest BCUT2D eigenvalue weighted by Crippen LogP contribution is 2.36. The Kier molecular flexibility index (Phi) is 2.26. The first kappa shape index (κ1) is 10.6. The van der Waals surface area contributed by atoms with E-state index >= 15 is 0 Å². The largest absolute Gasteiger partial charge is 0.357 e. The molecule has 0 amide bonds. The number of fused-ring (bicyclic) bond motifs is 4. The zero-order valence-electron chi connectivity index (χ0n) is 10.7. The van der Waals surface area contributed by atoms with Gasteiger partial charge in [-0.05, 0) is 25.0 Å². The van der Waals surface area contributed by atoms with Gasteiger partial charge < -0.3 is 10.3 Å². The van der Waals surface area contributed by atoms with Crippen LogP contribution in [0.15, 0.2) is 24.3 Å². The van der Waals surface area contributed by atoms with Gasteiger partial charge in [0.15, 0.2) is 0 Å². The molecule has 0 radical (unpaired) electrons. The van der Waals surface area contributed by atoms with Gasteiger partial charge in [-0.2, -0.15) is 0 Å². The maximum Gasteiger partial charge on any atom is 0.0477 e. The van der Waals surface area contributed by atoms with Gasteiger partial charge in [0, 0.05) is 48.3 Å². The third-order valence-corrected chi connectivity index (χ3v) is 4.60. The Hall–Kier alpha value is -1.32. The number of hydrogen-bond donors (Lipinski definition) is 2. The average Bonchev–Trinajstić information content (AvgIpc) is 2.79. The van der Waals surface area contributed by atoms with Gasteiger partial charge in [-0.25, -0.2) is 0 Å². The minimum atomic E-state index is 0.522. The van der Waals surface area contributed by atoms with Crippen molar-refractivity contribution in [2.45, 2.75) is 25.4 Å². The van der Waals surface area contributed by atoms with Crippen molar-refractivity contribution >= 4 is 10.9 Å². The topological polar surface area (TPSA) is 31.1 Å². The summed E-state index contributed by atoms with van der Waals surface area (Å²) in [6, 6.07) is 9.89. The quantitative estimate of drug-likeness (QED) is 0.739. The SMILES string of the molecule is CC1c2[nH]c3ccccc3c2CC2CNCCN21. The van der Waals surface area contributed by atoms with E-state index in [-0.39, 0.29) is 0 Å². The van der Waals surface area contributed by atoms with Crippen LogP contribution in [0.1, 0.15) is 24.2 Å². The third-order valence-electron chi connectivity index (χ3n) is 4.60. The van der Waals surface area contributed by atoms with Gasteiger partial charge in [0.2, 0.25) is 0 Å². The summed E-state index contributed by atoms with van der Waals surface area (Å²) in [6.45, 7) is 5.76. The maximum absolute atomic E-state index is 3.64. The molecule has 2 aromatic rings. The fourth-order valence-corrected chi connectivity index (χ4v) is 3.67. The van der Waals surface area contributed by atoms with Crippen molar-refractivity contribution in [2.75, 3.05) is 19.6 Å². The van der Waals surface area contributed by atoms with Gasteiger partial charge in [-0.15, -0.1) is 0 Å². The van der Waals surface area contributed by atoms with E-state index < -0.39 is 0 Å². The van der Waals surface area contributed by atoms with E-state index in [1.54, 1.807) is 5.56 Å². The van der Waals surface area contributed by atoms with Gasteiger partial charge in [0.05, 0.1) is 0 Å². The summed E-state index contributed by atoms with van der Waals surface area (Å²) >= 11 is 0. The van der Waals surface area contributed by atoms with Crippen molar-refractivity contribution in [2.24, 2.45) is 0 Å². The minimum Gasteiger partial charge on any atom is -0.357 e. The average molecular weight is 241 g/mol. The fraction of sp³-hybridized carbons (Fsp3) is 0.467. The lowest BCUT2D eigenvalue weighted by molar-refractivity contribution is 0.0999. The Bertz CT molecular complexity index is 586. The maximum atomic E-state index is 3.64. The first-order valence-electron chi connectivity index (χ1n) is 6.90. The number of piperazine rings is 1. The monoisotopic (exact) mass is 241 g/mol. The molecular weight excluding hydrogens is 222 g/mol. The van der Waals surface area contributed by atoms with Crippen molar-refractivity contribution in [3.05, 3.63) is 35.5 Å². The van der Waals surface area contributed by atoms with E-state index in [2.05, 4.69) is 46.4 Å². The van der Waals surface area contributed by atoms with Crippen LogP contribution in [0.3, 0.4) is 0 Å². The molecule has 4 rings (SSSR count).